The number of benzene rings is 2. The fourth-order valence-electron chi connectivity index (χ4n) is 2.63. The molecule has 0 atom stereocenters. The Bertz CT molecular complexity index is 963. The molecule has 0 unspecified atom stereocenters. The van der Waals surface area contributed by atoms with E-state index in [-0.39, 0.29) is 16.3 Å². The van der Waals surface area contributed by atoms with Gasteiger partial charge in [-0.15, -0.1) is 0 Å². The van der Waals surface area contributed by atoms with Gasteiger partial charge in [0.1, 0.15) is 0 Å². The molecule has 8 heteroatoms. The van der Waals surface area contributed by atoms with Crippen molar-refractivity contribution in [2.75, 3.05) is 17.9 Å². The molecule has 0 aromatic heterocycles. The highest BCUT2D eigenvalue weighted by atomic mass is 32.2. The number of fused-ring (bicyclic) bond motifs is 1. The number of carbonyl (C=O) groups excluding carboxylic acids is 1. The van der Waals surface area contributed by atoms with E-state index in [0.29, 0.717) is 36.0 Å². The van der Waals surface area contributed by atoms with Crippen molar-refractivity contribution < 1.29 is 22.7 Å². The van der Waals surface area contributed by atoms with E-state index in [4.69, 9.17) is 9.47 Å². The first-order chi connectivity index (χ1) is 13.1. The molecule has 7 nitrogen and oxygen atoms in total. The summed E-state index contributed by atoms with van der Waals surface area (Å²) < 4.78 is 39.0. The second-order valence-corrected chi connectivity index (χ2v) is 9.23. The van der Waals surface area contributed by atoms with Gasteiger partial charge in [0, 0.05) is 29.3 Å². The van der Waals surface area contributed by atoms with Gasteiger partial charge in [0.05, 0.1) is 18.1 Å². The summed E-state index contributed by atoms with van der Waals surface area (Å²) in [6.45, 7) is 6.68. The van der Waals surface area contributed by atoms with Crippen LogP contribution in [-0.4, -0.2) is 33.1 Å². The van der Waals surface area contributed by atoms with Crippen molar-refractivity contribution in [1.29, 1.82) is 0 Å². The zero-order valence-corrected chi connectivity index (χ0v) is 16.9. The van der Waals surface area contributed by atoms with Crippen molar-refractivity contribution in [2.45, 2.75) is 37.6 Å². The van der Waals surface area contributed by atoms with Crippen molar-refractivity contribution in [3.05, 3.63) is 48.0 Å². The summed E-state index contributed by atoms with van der Waals surface area (Å²) in [6, 6.07) is 10.8. The molecule has 2 N–H and O–H groups in total. The molecule has 28 heavy (non-hydrogen) atoms. The van der Waals surface area contributed by atoms with E-state index >= 15 is 0 Å². The Morgan fingerprint density at radius 2 is 1.61 bits per heavy atom. The molecule has 2 aromatic rings. The fourth-order valence-corrected chi connectivity index (χ4v) is 3.70. The van der Waals surface area contributed by atoms with Gasteiger partial charge in [-0.3, -0.25) is 9.52 Å². The molecule has 1 aliphatic heterocycles. The van der Waals surface area contributed by atoms with Crippen LogP contribution in [0.25, 0.3) is 0 Å². The van der Waals surface area contributed by atoms with Crippen molar-refractivity contribution in [2.24, 2.45) is 0 Å². The molecule has 1 amide bonds. The monoisotopic (exact) mass is 404 g/mol. The Balaban J connectivity index is 1.75. The number of ether oxygens (including phenoxy) is 2. The zero-order valence-electron chi connectivity index (χ0n) is 16.1. The number of nitrogens with one attached hydrogen (secondary N) is 2. The number of amides is 1. The molecule has 3 rings (SSSR count). The number of carbonyl (C=O) groups is 1. The lowest BCUT2D eigenvalue weighted by Gasteiger charge is -2.20. The van der Waals surface area contributed by atoms with Gasteiger partial charge >= 0.3 is 0 Å². The second-order valence-electron chi connectivity index (χ2n) is 7.55. The molecule has 0 bridgehead atoms. The third-order valence-electron chi connectivity index (χ3n) is 3.92. The van der Waals surface area contributed by atoms with Crippen LogP contribution in [0.3, 0.4) is 0 Å². The maximum Gasteiger partial charge on any atom is 0.262 e. The van der Waals surface area contributed by atoms with Crippen LogP contribution in [0.1, 0.15) is 37.6 Å². The molecule has 1 heterocycles. The average Bonchev–Trinajstić information content (AvgIpc) is 2.85. The minimum absolute atomic E-state index is 0.0753. The van der Waals surface area contributed by atoms with Crippen LogP contribution in [0.5, 0.6) is 11.5 Å². The molecule has 0 saturated carbocycles. The van der Waals surface area contributed by atoms with Crippen LogP contribution in [0, 0.1) is 0 Å². The van der Waals surface area contributed by atoms with Gasteiger partial charge in [0.15, 0.2) is 11.5 Å². The predicted octanol–water partition coefficient (Wildman–Crippen LogP) is 3.18. The summed E-state index contributed by atoms with van der Waals surface area (Å²) in [6.07, 6.45) is 0.740. The maximum atomic E-state index is 12.7. The van der Waals surface area contributed by atoms with Crippen LogP contribution < -0.4 is 19.5 Å². The van der Waals surface area contributed by atoms with Crippen molar-refractivity contribution in [1.82, 2.24) is 5.32 Å². The third kappa shape index (κ3) is 4.95. The lowest BCUT2D eigenvalue weighted by Crippen LogP contribution is -2.40. The van der Waals surface area contributed by atoms with Gasteiger partial charge in [0.25, 0.3) is 15.9 Å². The Labute approximate surface area is 165 Å². The smallest absolute Gasteiger partial charge is 0.262 e. The Kier molecular flexibility index (Phi) is 5.51. The summed E-state index contributed by atoms with van der Waals surface area (Å²) in [5.74, 6) is 0.727. The topological polar surface area (TPSA) is 93.7 Å². The molecule has 1 aliphatic rings. The fraction of sp³-hybridized carbons (Fsp3) is 0.350. The highest BCUT2D eigenvalue weighted by molar-refractivity contribution is 7.92. The number of sulfonamides is 1. The largest absolute Gasteiger partial charge is 0.490 e. The molecule has 0 spiro atoms. The van der Waals surface area contributed by atoms with Crippen LogP contribution in [0.2, 0.25) is 0 Å². The van der Waals surface area contributed by atoms with Gasteiger partial charge in [0.2, 0.25) is 0 Å². The lowest BCUT2D eigenvalue weighted by atomic mass is 10.1. The SMILES string of the molecule is CC(C)(C)NC(=O)c1ccc(NS(=O)(=O)c2ccc3c(c2)OCCCO3)cc1. The standard InChI is InChI=1S/C20H24N2O5S/c1-20(2,3)21-19(23)14-5-7-15(8-6-14)22-28(24,25)16-9-10-17-18(13-16)27-12-4-11-26-17/h5-10,13,22H,4,11-12H2,1-3H3,(H,21,23). The highest BCUT2D eigenvalue weighted by Crippen LogP contribution is 2.32. The first-order valence-corrected chi connectivity index (χ1v) is 10.5. The predicted molar refractivity (Wildman–Crippen MR) is 107 cm³/mol. The second kappa shape index (κ2) is 7.71. The van der Waals surface area contributed by atoms with E-state index < -0.39 is 10.0 Å². The summed E-state index contributed by atoms with van der Waals surface area (Å²) in [5, 5.41) is 2.86. The van der Waals surface area contributed by atoms with E-state index in [0.717, 1.165) is 6.42 Å². The summed E-state index contributed by atoms with van der Waals surface area (Å²) in [7, 11) is -3.81. The van der Waals surface area contributed by atoms with Crippen molar-refractivity contribution in [3.8, 4) is 11.5 Å². The van der Waals surface area contributed by atoms with Gasteiger partial charge in [-0.2, -0.15) is 0 Å². The summed E-state index contributed by atoms with van der Waals surface area (Å²) >= 11 is 0. The zero-order chi connectivity index (χ0) is 20.4. The summed E-state index contributed by atoms with van der Waals surface area (Å²) in [5.41, 5.74) is 0.460. The number of hydrogen-bond acceptors (Lipinski definition) is 5. The molecule has 0 aliphatic carbocycles. The minimum Gasteiger partial charge on any atom is -0.490 e. The van der Waals surface area contributed by atoms with Crippen LogP contribution in [0.15, 0.2) is 47.4 Å². The molecule has 2 aromatic carbocycles. The number of rotatable bonds is 4. The molecule has 150 valence electrons. The van der Waals surface area contributed by atoms with Gasteiger partial charge < -0.3 is 14.8 Å². The third-order valence-corrected chi connectivity index (χ3v) is 5.30. The van der Waals surface area contributed by atoms with Crippen LogP contribution in [-0.2, 0) is 10.0 Å². The average molecular weight is 404 g/mol. The number of anilines is 1. The molecular formula is C20H24N2O5S. The Hall–Kier alpha value is -2.74. The van der Waals surface area contributed by atoms with Crippen molar-refractivity contribution >= 4 is 21.6 Å². The van der Waals surface area contributed by atoms with E-state index in [2.05, 4.69) is 10.0 Å². The van der Waals surface area contributed by atoms with E-state index in [1.54, 1.807) is 30.3 Å². The first-order valence-electron chi connectivity index (χ1n) is 8.99. The minimum atomic E-state index is -3.81. The number of hydrogen-bond donors (Lipinski definition) is 2. The van der Waals surface area contributed by atoms with E-state index in [9.17, 15) is 13.2 Å². The van der Waals surface area contributed by atoms with E-state index in [1.165, 1.54) is 12.1 Å². The highest BCUT2D eigenvalue weighted by Gasteiger charge is 2.20. The Morgan fingerprint density at radius 1 is 0.964 bits per heavy atom. The van der Waals surface area contributed by atoms with Crippen LogP contribution in [0.4, 0.5) is 5.69 Å². The Morgan fingerprint density at radius 3 is 2.25 bits per heavy atom. The molecule has 0 radical (unpaired) electrons. The van der Waals surface area contributed by atoms with Gasteiger partial charge in [-0.05, 0) is 57.2 Å². The van der Waals surface area contributed by atoms with Crippen LogP contribution >= 0.6 is 0 Å². The molecule has 0 saturated heterocycles. The molecule has 0 fully saturated rings. The molecular weight excluding hydrogens is 380 g/mol. The van der Waals surface area contributed by atoms with E-state index in [1.807, 2.05) is 20.8 Å². The summed E-state index contributed by atoms with van der Waals surface area (Å²) in [4.78, 5) is 12.2. The maximum absolute atomic E-state index is 12.7. The quantitative estimate of drug-likeness (QED) is 0.816. The lowest BCUT2D eigenvalue weighted by molar-refractivity contribution is 0.0919. The normalized spacial score (nSPS) is 14.1. The van der Waals surface area contributed by atoms with Gasteiger partial charge in [-0.1, -0.05) is 0 Å². The first kappa shape index (κ1) is 20.0. The van der Waals surface area contributed by atoms with Crippen molar-refractivity contribution in [3.63, 3.8) is 0 Å². The van der Waals surface area contributed by atoms with Gasteiger partial charge in [-0.25, -0.2) is 8.42 Å².